The Morgan fingerprint density at radius 1 is 1.32 bits per heavy atom. The number of amides is 1. The van der Waals surface area contributed by atoms with Crippen molar-refractivity contribution in [2.75, 3.05) is 26.2 Å². The molecule has 0 bridgehead atoms. The molecule has 4 nitrogen and oxygen atoms in total. The zero-order valence-electron chi connectivity index (χ0n) is 13.0. The van der Waals surface area contributed by atoms with Crippen LogP contribution in [0.5, 0.6) is 0 Å². The first-order chi connectivity index (χ1) is 10.6. The molecule has 1 aliphatic rings. The highest BCUT2D eigenvalue weighted by Gasteiger charge is 2.25. The fourth-order valence-corrected chi connectivity index (χ4v) is 2.83. The van der Waals surface area contributed by atoms with Crippen LogP contribution < -0.4 is 5.32 Å². The Bertz CT molecular complexity index is 516. The predicted octanol–water partition coefficient (Wildman–Crippen LogP) is 2.25. The van der Waals surface area contributed by atoms with Crippen molar-refractivity contribution in [1.82, 2.24) is 10.2 Å². The van der Waals surface area contributed by atoms with Crippen molar-refractivity contribution in [3.05, 3.63) is 35.6 Å². The van der Waals surface area contributed by atoms with E-state index in [1.165, 1.54) is 24.3 Å². The van der Waals surface area contributed by atoms with Gasteiger partial charge in [-0.2, -0.15) is 0 Å². The molecule has 1 heterocycles. The summed E-state index contributed by atoms with van der Waals surface area (Å²) in [6.07, 6.45) is 2.29. The molecule has 1 fully saturated rings. The molecule has 1 aromatic rings. The molecule has 1 aromatic carbocycles. The van der Waals surface area contributed by atoms with Gasteiger partial charge in [-0.25, -0.2) is 4.39 Å². The molecule has 0 aromatic heterocycles. The lowest BCUT2D eigenvalue weighted by Crippen LogP contribution is -2.43. The number of carbonyl (C=O) groups is 2. The van der Waals surface area contributed by atoms with Gasteiger partial charge in [0.25, 0.3) is 0 Å². The summed E-state index contributed by atoms with van der Waals surface area (Å²) in [5.41, 5.74) is 0.540. The van der Waals surface area contributed by atoms with E-state index in [9.17, 15) is 14.0 Å². The Hall–Kier alpha value is -1.75. The maximum atomic E-state index is 12.9. The van der Waals surface area contributed by atoms with Crippen molar-refractivity contribution in [2.45, 2.75) is 26.2 Å². The number of carbonyl (C=O) groups excluding carboxylic acids is 2. The summed E-state index contributed by atoms with van der Waals surface area (Å²) in [5, 5.41) is 2.86. The fraction of sp³-hybridized carbons (Fsp3) is 0.529. The minimum absolute atomic E-state index is 0.0140. The SMILES string of the molecule is CCNC(=O)C1CCCN(CCC(=O)c2ccc(F)cc2)C1. The van der Waals surface area contributed by atoms with Crippen LogP contribution in [0, 0.1) is 11.7 Å². The van der Waals surface area contributed by atoms with E-state index in [4.69, 9.17) is 0 Å². The molecule has 0 radical (unpaired) electrons. The van der Waals surface area contributed by atoms with E-state index in [1.807, 2.05) is 6.92 Å². The average Bonchev–Trinajstić information content (AvgIpc) is 2.54. The normalized spacial score (nSPS) is 18.9. The van der Waals surface area contributed by atoms with Crippen molar-refractivity contribution >= 4 is 11.7 Å². The van der Waals surface area contributed by atoms with Crippen molar-refractivity contribution in [3.63, 3.8) is 0 Å². The molecule has 5 heteroatoms. The second-order valence-corrected chi connectivity index (χ2v) is 5.71. The van der Waals surface area contributed by atoms with Gasteiger partial charge in [0, 0.05) is 31.6 Å². The van der Waals surface area contributed by atoms with E-state index in [-0.39, 0.29) is 23.4 Å². The number of hydrogen-bond acceptors (Lipinski definition) is 3. The first-order valence-corrected chi connectivity index (χ1v) is 7.89. The van der Waals surface area contributed by atoms with Crippen molar-refractivity contribution in [2.24, 2.45) is 5.92 Å². The lowest BCUT2D eigenvalue weighted by molar-refractivity contribution is -0.126. The number of Topliss-reactive ketones (excluding diaryl/α,β-unsaturated/α-hetero) is 1. The summed E-state index contributed by atoms with van der Waals surface area (Å²) >= 11 is 0. The number of piperidine rings is 1. The number of halogens is 1. The van der Waals surface area contributed by atoms with Crippen molar-refractivity contribution < 1.29 is 14.0 Å². The number of likely N-dealkylation sites (tertiary alicyclic amines) is 1. The zero-order chi connectivity index (χ0) is 15.9. The van der Waals surface area contributed by atoms with Gasteiger partial charge >= 0.3 is 0 Å². The van der Waals surface area contributed by atoms with Crippen LogP contribution in [-0.4, -0.2) is 42.8 Å². The number of rotatable bonds is 6. The maximum absolute atomic E-state index is 12.9. The second-order valence-electron chi connectivity index (χ2n) is 5.71. The van der Waals surface area contributed by atoms with Gasteiger partial charge in [0.2, 0.25) is 5.91 Å². The molecule has 22 heavy (non-hydrogen) atoms. The number of benzene rings is 1. The van der Waals surface area contributed by atoms with Crippen LogP contribution in [0.4, 0.5) is 4.39 Å². The van der Waals surface area contributed by atoms with E-state index >= 15 is 0 Å². The summed E-state index contributed by atoms with van der Waals surface area (Å²) in [6, 6.07) is 5.65. The van der Waals surface area contributed by atoms with Gasteiger partial charge in [-0.1, -0.05) is 0 Å². The van der Waals surface area contributed by atoms with Gasteiger partial charge in [-0.15, -0.1) is 0 Å². The van der Waals surface area contributed by atoms with Crippen LogP contribution in [-0.2, 0) is 4.79 Å². The molecule has 1 atom stereocenters. The Kier molecular flexibility index (Phi) is 6.07. The van der Waals surface area contributed by atoms with Gasteiger partial charge in [0.05, 0.1) is 5.92 Å². The summed E-state index contributed by atoms with van der Waals surface area (Å²) in [7, 11) is 0. The van der Waals surface area contributed by atoms with Crippen LogP contribution in [0.2, 0.25) is 0 Å². The Labute approximate surface area is 130 Å². The Balaban J connectivity index is 1.82. The second kappa shape index (κ2) is 8.03. The third-order valence-electron chi connectivity index (χ3n) is 4.05. The summed E-state index contributed by atoms with van der Waals surface area (Å²) in [4.78, 5) is 26.2. The van der Waals surface area contributed by atoms with Crippen molar-refractivity contribution in [1.29, 1.82) is 0 Å². The predicted molar refractivity (Wildman–Crippen MR) is 83.2 cm³/mol. The molecule has 2 rings (SSSR count). The molecule has 1 unspecified atom stereocenters. The molecular weight excluding hydrogens is 283 g/mol. The fourth-order valence-electron chi connectivity index (χ4n) is 2.83. The molecule has 120 valence electrons. The van der Waals surface area contributed by atoms with Gasteiger partial charge in [0.1, 0.15) is 5.82 Å². The molecule has 0 spiro atoms. The van der Waals surface area contributed by atoms with Crippen molar-refractivity contribution in [3.8, 4) is 0 Å². The summed E-state index contributed by atoms with van der Waals surface area (Å²) in [6.45, 7) is 4.85. The molecule has 0 aliphatic carbocycles. The molecule has 0 saturated carbocycles. The topological polar surface area (TPSA) is 49.4 Å². The standard InChI is InChI=1S/C17H23FN2O2/c1-2-19-17(22)14-4-3-10-20(12-14)11-9-16(21)13-5-7-15(18)8-6-13/h5-8,14H,2-4,9-12H2,1H3,(H,19,22). The third-order valence-corrected chi connectivity index (χ3v) is 4.05. The lowest BCUT2D eigenvalue weighted by atomic mass is 9.96. The van der Waals surface area contributed by atoms with Crippen LogP contribution in [0.1, 0.15) is 36.5 Å². The van der Waals surface area contributed by atoms with E-state index in [0.717, 1.165) is 19.4 Å². The Morgan fingerprint density at radius 2 is 2.05 bits per heavy atom. The zero-order valence-corrected chi connectivity index (χ0v) is 13.0. The van der Waals surface area contributed by atoms with Gasteiger partial charge < -0.3 is 10.2 Å². The minimum Gasteiger partial charge on any atom is -0.356 e. The monoisotopic (exact) mass is 306 g/mol. The first-order valence-electron chi connectivity index (χ1n) is 7.89. The molecule has 1 saturated heterocycles. The summed E-state index contributed by atoms with van der Waals surface area (Å²) < 4.78 is 12.9. The minimum atomic E-state index is -0.336. The van der Waals surface area contributed by atoms with Crippen LogP contribution in [0.25, 0.3) is 0 Å². The highest BCUT2D eigenvalue weighted by Crippen LogP contribution is 2.17. The average molecular weight is 306 g/mol. The van der Waals surface area contributed by atoms with Gasteiger partial charge in [0.15, 0.2) is 5.78 Å². The molecular formula is C17H23FN2O2. The smallest absolute Gasteiger partial charge is 0.224 e. The molecule has 1 aliphatic heterocycles. The van der Waals surface area contributed by atoms with Crippen LogP contribution >= 0.6 is 0 Å². The number of nitrogens with one attached hydrogen (secondary N) is 1. The maximum Gasteiger partial charge on any atom is 0.224 e. The number of hydrogen-bond donors (Lipinski definition) is 1. The highest BCUT2D eigenvalue weighted by molar-refractivity contribution is 5.96. The quantitative estimate of drug-likeness (QED) is 0.820. The molecule has 1 amide bonds. The largest absolute Gasteiger partial charge is 0.356 e. The first kappa shape index (κ1) is 16.6. The number of ketones is 1. The summed E-state index contributed by atoms with van der Waals surface area (Å²) in [5.74, 6) is -0.191. The highest BCUT2D eigenvalue weighted by atomic mass is 19.1. The third kappa shape index (κ3) is 4.63. The van der Waals surface area contributed by atoms with Crippen LogP contribution in [0.15, 0.2) is 24.3 Å². The van der Waals surface area contributed by atoms with E-state index in [1.54, 1.807) is 0 Å². The number of nitrogens with zero attached hydrogens (tertiary/aromatic N) is 1. The van der Waals surface area contributed by atoms with Gasteiger partial charge in [-0.05, 0) is 50.6 Å². The van der Waals surface area contributed by atoms with E-state index < -0.39 is 0 Å². The Morgan fingerprint density at radius 3 is 2.73 bits per heavy atom. The van der Waals surface area contributed by atoms with E-state index in [2.05, 4.69) is 10.2 Å². The van der Waals surface area contributed by atoms with Gasteiger partial charge in [-0.3, -0.25) is 9.59 Å². The molecule has 1 N–H and O–H groups in total. The van der Waals surface area contributed by atoms with Crippen LogP contribution in [0.3, 0.4) is 0 Å². The lowest BCUT2D eigenvalue weighted by Gasteiger charge is -2.31. The van der Waals surface area contributed by atoms with E-state index in [0.29, 0.717) is 31.6 Å².